The number of methoxy groups -OCH3 is 2. The second-order valence-corrected chi connectivity index (χ2v) is 6.79. The number of amides is 2. The summed E-state index contributed by atoms with van der Waals surface area (Å²) in [5.74, 6) is 1.42. The number of morpholine rings is 1. The van der Waals surface area contributed by atoms with Gasteiger partial charge in [0.2, 0.25) is 5.91 Å². The van der Waals surface area contributed by atoms with Crippen LogP contribution in [0.25, 0.3) is 0 Å². The Morgan fingerprint density at radius 3 is 2.81 bits per heavy atom. The van der Waals surface area contributed by atoms with Crippen LogP contribution in [0.5, 0.6) is 0 Å². The molecule has 1 atom stereocenters. The molecule has 8 nitrogen and oxygen atoms in total. The van der Waals surface area contributed by atoms with E-state index in [1.165, 1.54) is 11.8 Å². The Morgan fingerprint density at radius 1 is 1.35 bits per heavy atom. The second-order valence-electron chi connectivity index (χ2n) is 5.80. The fourth-order valence-corrected chi connectivity index (χ4v) is 3.56. The number of carbonyl (C=O) groups excluding carboxylic acids is 2. The number of amidine groups is 1. The van der Waals surface area contributed by atoms with E-state index in [9.17, 15) is 9.59 Å². The van der Waals surface area contributed by atoms with Crippen LogP contribution in [0.15, 0.2) is 33.5 Å². The van der Waals surface area contributed by atoms with Crippen LogP contribution in [-0.2, 0) is 23.8 Å². The highest BCUT2D eigenvalue weighted by Gasteiger charge is 2.29. The van der Waals surface area contributed by atoms with Crippen molar-refractivity contribution < 1.29 is 23.8 Å². The number of allylic oxidation sites excluding steroid dienone is 1. The van der Waals surface area contributed by atoms with Gasteiger partial charge < -0.3 is 19.1 Å². The number of hydrogen-bond donors (Lipinski definition) is 0. The van der Waals surface area contributed by atoms with Crippen molar-refractivity contribution in [3.63, 3.8) is 0 Å². The molecule has 3 rings (SSSR count). The van der Waals surface area contributed by atoms with E-state index in [2.05, 4.69) is 9.98 Å². The summed E-state index contributed by atoms with van der Waals surface area (Å²) in [7, 11) is 3.09. The van der Waals surface area contributed by atoms with E-state index >= 15 is 0 Å². The number of thioether (sulfide) groups is 1. The first-order chi connectivity index (χ1) is 12.6. The Bertz CT molecular complexity index is 707. The third-order valence-electron chi connectivity index (χ3n) is 4.17. The van der Waals surface area contributed by atoms with Crippen molar-refractivity contribution in [3.05, 3.63) is 23.5 Å². The van der Waals surface area contributed by atoms with Gasteiger partial charge >= 0.3 is 0 Å². The van der Waals surface area contributed by atoms with E-state index in [-0.39, 0.29) is 11.8 Å². The summed E-state index contributed by atoms with van der Waals surface area (Å²) in [5, 5.41) is 0. The molecule has 1 unspecified atom stereocenters. The molecule has 0 aromatic carbocycles. The van der Waals surface area contributed by atoms with Crippen LogP contribution in [0.1, 0.15) is 0 Å². The molecule has 2 heterocycles. The molecule has 2 amide bonds. The van der Waals surface area contributed by atoms with E-state index < -0.39 is 6.10 Å². The zero-order valence-electron chi connectivity index (χ0n) is 14.8. The highest BCUT2D eigenvalue weighted by Crippen LogP contribution is 2.23. The maximum atomic E-state index is 12.3. The first-order valence-electron chi connectivity index (χ1n) is 8.26. The molecule has 0 aromatic heterocycles. The predicted molar refractivity (Wildman–Crippen MR) is 98.6 cm³/mol. The second kappa shape index (κ2) is 8.61. The average Bonchev–Trinajstić information content (AvgIpc) is 2.67. The highest BCUT2D eigenvalue weighted by atomic mass is 32.2. The molecule has 0 aromatic rings. The largest absolute Gasteiger partial charge is 0.498 e. The van der Waals surface area contributed by atoms with Gasteiger partial charge in [-0.25, -0.2) is 4.99 Å². The van der Waals surface area contributed by atoms with Crippen LogP contribution in [0.3, 0.4) is 0 Å². The van der Waals surface area contributed by atoms with Crippen LogP contribution < -0.4 is 0 Å². The minimum Gasteiger partial charge on any atom is -0.498 e. The van der Waals surface area contributed by atoms with Gasteiger partial charge in [0.05, 0.1) is 43.1 Å². The molecule has 1 saturated heterocycles. The summed E-state index contributed by atoms with van der Waals surface area (Å²) >= 11 is 1.40. The van der Waals surface area contributed by atoms with Gasteiger partial charge in [0.25, 0.3) is 5.91 Å². The van der Waals surface area contributed by atoms with Crippen molar-refractivity contribution in [1.82, 2.24) is 4.90 Å². The standard InChI is InChI=1S/C17H21N3O5S/c1-23-13-7-11-12(8-14(13)24-2)18-15(19-17(11)22)9-26-10-16(21)20-3-5-25-6-4-20/h7-8,13H,3-6,9-10H2,1-2H3. The number of rotatable bonds is 6. The van der Waals surface area contributed by atoms with Gasteiger partial charge in [-0.15, -0.1) is 11.8 Å². The molecule has 1 aliphatic carbocycles. The Hall–Kier alpha value is -1.97. The van der Waals surface area contributed by atoms with Gasteiger partial charge in [-0.2, -0.15) is 4.99 Å². The van der Waals surface area contributed by atoms with E-state index in [4.69, 9.17) is 14.2 Å². The molecule has 26 heavy (non-hydrogen) atoms. The lowest BCUT2D eigenvalue weighted by Crippen LogP contribution is -2.41. The lowest BCUT2D eigenvalue weighted by Gasteiger charge is -2.26. The van der Waals surface area contributed by atoms with E-state index in [0.29, 0.717) is 60.7 Å². The Labute approximate surface area is 156 Å². The van der Waals surface area contributed by atoms with Gasteiger partial charge in [0, 0.05) is 26.3 Å². The fourth-order valence-electron chi connectivity index (χ4n) is 2.79. The van der Waals surface area contributed by atoms with Crippen LogP contribution >= 0.6 is 11.8 Å². The maximum absolute atomic E-state index is 12.3. The zero-order valence-corrected chi connectivity index (χ0v) is 15.6. The normalized spacial score (nSPS) is 22.8. The SMILES string of the molecule is COC1=CC2=NC(CSCC(=O)N3CCOCC3)=NC(=O)C2=CC1OC. The van der Waals surface area contributed by atoms with Crippen molar-refractivity contribution in [2.75, 3.05) is 52.0 Å². The molecule has 1 fully saturated rings. The molecule has 9 heteroatoms. The van der Waals surface area contributed by atoms with Crippen molar-refractivity contribution in [1.29, 1.82) is 0 Å². The summed E-state index contributed by atoms with van der Waals surface area (Å²) in [6, 6.07) is 0. The van der Waals surface area contributed by atoms with E-state index in [1.807, 2.05) is 0 Å². The molecule has 0 N–H and O–H groups in total. The van der Waals surface area contributed by atoms with Gasteiger partial charge in [-0.05, 0) is 6.08 Å². The van der Waals surface area contributed by atoms with Crippen molar-refractivity contribution in [3.8, 4) is 0 Å². The number of carbonyl (C=O) groups is 2. The molecule has 3 aliphatic rings. The zero-order chi connectivity index (χ0) is 18.5. The first-order valence-corrected chi connectivity index (χ1v) is 9.42. The smallest absolute Gasteiger partial charge is 0.280 e. The van der Waals surface area contributed by atoms with E-state index in [0.717, 1.165) is 0 Å². The minimum absolute atomic E-state index is 0.0661. The summed E-state index contributed by atoms with van der Waals surface area (Å²) in [6.07, 6.45) is 2.94. The number of hydrogen-bond acceptors (Lipinski definition) is 7. The molecule has 0 bridgehead atoms. The summed E-state index contributed by atoms with van der Waals surface area (Å²) in [4.78, 5) is 34.7. The van der Waals surface area contributed by atoms with Gasteiger partial charge in [0.1, 0.15) is 17.7 Å². The van der Waals surface area contributed by atoms with Crippen molar-refractivity contribution >= 4 is 35.1 Å². The quantitative estimate of drug-likeness (QED) is 0.665. The lowest BCUT2D eigenvalue weighted by molar-refractivity contribution is -0.132. The molecule has 0 radical (unpaired) electrons. The molecular weight excluding hydrogens is 358 g/mol. The molecule has 140 valence electrons. The molecule has 0 saturated carbocycles. The maximum Gasteiger partial charge on any atom is 0.280 e. The number of aliphatic imine (C=N–C) groups is 2. The molecule has 0 spiro atoms. The predicted octanol–water partition coefficient (Wildman–Crippen LogP) is 0.443. The molecular formula is C17H21N3O5S. The monoisotopic (exact) mass is 379 g/mol. The van der Waals surface area contributed by atoms with Crippen LogP contribution in [-0.4, -0.2) is 86.4 Å². The lowest BCUT2D eigenvalue weighted by atomic mass is 9.99. The van der Waals surface area contributed by atoms with Crippen LogP contribution in [0, 0.1) is 0 Å². The number of fused-ring (bicyclic) bond motifs is 1. The Balaban J connectivity index is 1.60. The fraction of sp³-hybridized carbons (Fsp3) is 0.529. The third-order valence-corrected chi connectivity index (χ3v) is 5.09. The number of nitrogens with zero attached hydrogens (tertiary/aromatic N) is 3. The highest BCUT2D eigenvalue weighted by molar-refractivity contribution is 8.00. The van der Waals surface area contributed by atoms with Crippen molar-refractivity contribution in [2.45, 2.75) is 6.10 Å². The average molecular weight is 379 g/mol. The van der Waals surface area contributed by atoms with Crippen LogP contribution in [0.2, 0.25) is 0 Å². The van der Waals surface area contributed by atoms with Gasteiger partial charge in [0.15, 0.2) is 0 Å². The van der Waals surface area contributed by atoms with Crippen molar-refractivity contribution in [2.24, 2.45) is 9.98 Å². The third kappa shape index (κ3) is 4.22. The van der Waals surface area contributed by atoms with Gasteiger partial charge in [-0.1, -0.05) is 0 Å². The number of ether oxygens (including phenoxy) is 3. The Kier molecular flexibility index (Phi) is 6.23. The Morgan fingerprint density at radius 2 is 2.12 bits per heavy atom. The topological polar surface area (TPSA) is 89.8 Å². The van der Waals surface area contributed by atoms with Crippen LogP contribution in [0.4, 0.5) is 0 Å². The summed E-state index contributed by atoms with van der Waals surface area (Å²) in [6.45, 7) is 2.41. The molecule has 2 aliphatic heterocycles. The van der Waals surface area contributed by atoms with Gasteiger partial charge in [-0.3, -0.25) is 9.59 Å². The first kappa shape index (κ1) is 18.8. The minimum atomic E-state index is -0.421. The summed E-state index contributed by atoms with van der Waals surface area (Å²) < 4.78 is 15.8. The van der Waals surface area contributed by atoms with E-state index in [1.54, 1.807) is 31.3 Å². The summed E-state index contributed by atoms with van der Waals surface area (Å²) in [5.41, 5.74) is 0.932.